The Labute approximate surface area is 156 Å². The fraction of sp³-hybridized carbons (Fsp3) is 0.474. The summed E-state index contributed by atoms with van der Waals surface area (Å²) in [6.07, 6.45) is -3.33. The second-order valence-corrected chi connectivity index (χ2v) is 7.09. The number of aliphatic hydroxyl groups is 3. The van der Waals surface area contributed by atoms with Gasteiger partial charge in [0.15, 0.2) is 11.6 Å². The van der Waals surface area contributed by atoms with Crippen molar-refractivity contribution in [1.82, 2.24) is 9.97 Å². The second-order valence-electron chi connectivity index (χ2n) is 7.09. The van der Waals surface area contributed by atoms with E-state index in [9.17, 15) is 24.1 Å². The lowest BCUT2D eigenvalue weighted by Crippen LogP contribution is -2.42. The van der Waals surface area contributed by atoms with Gasteiger partial charge < -0.3 is 20.2 Å². The monoisotopic (exact) mass is 379 g/mol. The molecule has 1 aromatic carbocycles. The van der Waals surface area contributed by atoms with Crippen LogP contribution in [-0.2, 0) is 0 Å². The van der Waals surface area contributed by atoms with Crippen LogP contribution in [0.3, 0.4) is 0 Å². The van der Waals surface area contributed by atoms with Gasteiger partial charge in [0.05, 0.1) is 18.2 Å². The van der Waals surface area contributed by atoms with Crippen LogP contribution in [0.1, 0.15) is 29.6 Å². The first-order valence-electron chi connectivity index (χ1n) is 8.73. The van der Waals surface area contributed by atoms with Gasteiger partial charge in [-0.25, -0.2) is 18.7 Å². The first-order chi connectivity index (χ1) is 12.7. The number of rotatable bonds is 4. The molecular weight excluding hydrogens is 356 g/mol. The van der Waals surface area contributed by atoms with E-state index in [0.717, 1.165) is 17.8 Å². The summed E-state index contributed by atoms with van der Waals surface area (Å²) in [5.41, 5.74) is 0.929. The fourth-order valence-electron chi connectivity index (χ4n) is 3.73. The number of aromatic nitrogens is 2. The molecule has 1 aromatic heterocycles. The van der Waals surface area contributed by atoms with Crippen molar-refractivity contribution in [2.75, 3.05) is 11.9 Å². The van der Waals surface area contributed by atoms with E-state index in [1.54, 1.807) is 24.9 Å². The molecule has 8 heteroatoms. The van der Waals surface area contributed by atoms with E-state index in [2.05, 4.69) is 9.97 Å². The van der Waals surface area contributed by atoms with E-state index in [-0.39, 0.29) is 12.0 Å². The van der Waals surface area contributed by atoms with Crippen molar-refractivity contribution in [3.63, 3.8) is 0 Å². The van der Waals surface area contributed by atoms with Gasteiger partial charge in [0.1, 0.15) is 17.7 Å². The number of likely N-dealkylation sites (N-methyl/N-ethyl adjacent to an activating group) is 1. The molecule has 3 rings (SSSR count). The maximum atomic E-state index is 13.5. The zero-order valence-corrected chi connectivity index (χ0v) is 15.3. The van der Waals surface area contributed by atoms with E-state index in [0.29, 0.717) is 11.6 Å². The molecule has 1 saturated carbocycles. The van der Waals surface area contributed by atoms with Gasteiger partial charge in [-0.05, 0) is 38.0 Å². The molecule has 2 aromatic rings. The highest BCUT2D eigenvalue weighted by atomic mass is 19.2. The summed E-state index contributed by atoms with van der Waals surface area (Å²) in [5, 5.41) is 31.5. The van der Waals surface area contributed by atoms with Crippen molar-refractivity contribution in [2.45, 2.75) is 44.6 Å². The molecule has 0 aliphatic heterocycles. The zero-order chi connectivity index (χ0) is 19.9. The topological polar surface area (TPSA) is 89.7 Å². The van der Waals surface area contributed by atoms with E-state index < -0.39 is 41.9 Å². The molecule has 0 unspecified atom stereocenters. The Balaban J connectivity index is 1.83. The van der Waals surface area contributed by atoms with Crippen molar-refractivity contribution in [1.29, 1.82) is 0 Å². The third-order valence-corrected chi connectivity index (χ3v) is 5.20. The van der Waals surface area contributed by atoms with Gasteiger partial charge in [-0.2, -0.15) is 0 Å². The van der Waals surface area contributed by atoms with Gasteiger partial charge in [-0.1, -0.05) is 6.07 Å². The van der Waals surface area contributed by atoms with Crippen LogP contribution < -0.4 is 4.90 Å². The van der Waals surface area contributed by atoms with E-state index in [1.165, 1.54) is 6.07 Å². The number of halogens is 2. The highest BCUT2D eigenvalue weighted by molar-refractivity contribution is 5.41. The van der Waals surface area contributed by atoms with E-state index >= 15 is 0 Å². The van der Waals surface area contributed by atoms with Gasteiger partial charge in [0, 0.05) is 24.7 Å². The van der Waals surface area contributed by atoms with Crippen molar-refractivity contribution < 1.29 is 24.1 Å². The van der Waals surface area contributed by atoms with E-state index in [4.69, 9.17) is 0 Å². The van der Waals surface area contributed by atoms with Crippen molar-refractivity contribution in [2.24, 2.45) is 5.92 Å². The standard InChI is InChI=1S/C19H23F2N3O3/c1-9-6-16(23-10(2)22-9)24(3)15-8-12(18(26)19(15)27)17(25)11-4-5-13(20)14(21)7-11/h4-7,12,15,17-19,25-27H,8H2,1-3H3/t12-,15-,17-,18-,19+/m1/s1. The summed E-state index contributed by atoms with van der Waals surface area (Å²) >= 11 is 0. The Bertz CT molecular complexity index is 816. The minimum Gasteiger partial charge on any atom is -0.390 e. The number of benzene rings is 1. The van der Waals surface area contributed by atoms with Crippen molar-refractivity contribution in [3.8, 4) is 0 Å². The molecule has 1 heterocycles. The predicted molar refractivity (Wildman–Crippen MR) is 95.1 cm³/mol. The van der Waals surface area contributed by atoms with Gasteiger partial charge in [-0.3, -0.25) is 0 Å². The Morgan fingerprint density at radius 2 is 1.78 bits per heavy atom. The SMILES string of the molecule is Cc1cc(N(C)[C@@H]2C[C@H]([C@H](O)c3ccc(F)c(F)c3)[C@@H](O)[C@H]2O)nc(C)n1. The minimum absolute atomic E-state index is 0.155. The predicted octanol–water partition coefficient (Wildman–Crippen LogP) is 1.65. The summed E-state index contributed by atoms with van der Waals surface area (Å²) in [6, 6.07) is 4.38. The molecule has 1 aliphatic carbocycles. The average molecular weight is 379 g/mol. The normalized spacial score (nSPS) is 26.2. The lowest BCUT2D eigenvalue weighted by Gasteiger charge is -2.28. The molecule has 0 bridgehead atoms. The Morgan fingerprint density at radius 3 is 2.41 bits per heavy atom. The van der Waals surface area contributed by atoms with Crippen molar-refractivity contribution >= 4 is 5.82 Å². The van der Waals surface area contributed by atoms with Crippen LogP contribution >= 0.6 is 0 Å². The molecule has 0 amide bonds. The average Bonchev–Trinajstić information content (AvgIpc) is 2.90. The Hall–Kier alpha value is -2.16. The van der Waals surface area contributed by atoms with Crippen LogP contribution in [0.2, 0.25) is 0 Å². The summed E-state index contributed by atoms with van der Waals surface area (Å²) in [6.45, 7) is 3.60. The second kappa shape index (κ2) is 7.46. The maximum Gasteiger partial charge on any atom is 0.159 e. The summed E-state index contributed by atoms with van der Waals surface area (Å²) < 4.78 is 26.6. The molecule has 0 radical (unpaired) electrons. The van der Waals surface area contributed by atoms with Gasteiger partial charge in [-0.15, -0.1) is 0 Å². The number of hydrogen-bond donors (Lipinski definition) is 3. The quantitative estimate of drug-likeness (QED) is 0.749. The zero-order valence-electron chi connectivity index (χ0n) is 15.3. The molecule has 0 spiro atoms. The molecular formula is C19H23F2N3O3. The van der Waals surface area contributed by atoms with Gasteiger partial charge in [0.2, 0.25) is 0 Å². The lowest BCUT2D eigenvalue weighted by molar-refractivity contribution is -0.0232. The molecule has 146 valence electrons. The highest BCUT2D eigenvalue weighted by Gasteiger charge is 2.47. The first kappa shape index (κ1) is 19.6. The number of hydrogen-bond acceptors (Lipinski definition) is 6. The maximum absolute atomic E-state index is 13.5. The van der Waals surface area contributed by atoms with Crippen LogP contribution in [-0.4, -0.2) is 50.6 Å². The molecule has 1 fully saturated rings. The molecule has 27 heavy (non-hydrogen) atoms. The molecule has 5 atom stereocenters. The summed E-state index contributed by atoms with van der Waals surface area (Å²) in [4.78, 5) is 10.3. The third kappa shape index (κ3) is 3.78. The smallest absolute Gasteiger partial charge is 0.159 e. The number of aliphatic hydroxyl groups excluding tert-OH is 3. The third-order valence-electron chi connectivity index (χ3n) is 5.20. The first-order valence-corrected chi connectivity index (χ1v) is 8.73. The van der Waals surface area contributed by atoms with Gasteiger partial charge in [0.25, 0.3) is 0 Å². The molecule has 3 N–H and O–H groups in total. The van der Waals surface area contributed by atoms with Crippen LogP contribution in [0.15, 0.2) is 24.3 Å². The molecule has 6 nitrogen and oxygen atoms in total. The molecule has 1 aliphatic rings. The Morgan fingerprint density at radius 1 is 1.07 bits per heavy atom. The highest BCUT2D eigenvalue weighted by Crippen LogP contribution is 2.39. The molecule has 0 saturated heterocycles. The van der Waals surface area contributed by atoms with Crippen molar-refractivity contribution in [3.05, 3.63) is 53.0 Å². The van der Waals surface area contributed by atoms with E-state index in [1.807, 2.05) is 6.92 Å². The van der Waals surface area contributed by atoms with Crippen LogP contribution in [0, 0.1) is 31.4 Å². The summed E-state index contributed by atoms with van der Waals surface area (Å²) in [7, 11) is 1.74. The largest absolute Gasteiger partial charge is 0.390 e. The fourth-order valence-corrected chi connectivity index (χ4v) is 3.73. The minimum atomic E-state index is -1.24. The number of anilines is 1. The lowest BCUT2D eigenvalue weighted by atomic mass is 9.92. The summed E-state index contributed by atoms with van der Waals surface area (Å²) in [5.74, 6) is -1.63. The van der Waals surface area contributed by atoms with Crippen LogP contribution in [0.25, 0.3) is 0 Å². The Kier molecular flexibility index (Phi) is 5.41. The number of aryl methyl sites for hydroxylation is 2. The van der Waals surface area contributed by atoms with Crippen LogP contribution in [0.5, 0.6) is 0 Å². The number of nitrogens with zero attached hydrogens (tertiary/aromatic N) is 3. The van der Waals surface area contributed by atoms with Crippen LogP contribution in [0.4, 0.5) is 14.6 Å². The van der Waals surface area contributed by atoms with Gasteiger partial charge >= 0.3 is 0 Å².